The van der Waals surface area contributed by atoms with Crippen molar-refractivity contribution in [1.29, 1.82) is 0 Å². The SMILES string of the molecule is CCN(CC)c1ccc2c(c1)Oc1cc(N(CC)CC)ccc1C21c2ccccc2C(=O)N1NC(=O)Nc1ccccc1. The Bertz CT molecular complexity index is 1600. The summed E-state index contributed by atoms with van der Waals surface area (Å²) in [6.07, 6.45) is 0. The molecule has 1 spiro atoms. The third kappa shape index (κ3) is 4.54. The van der Waals surface area contributed by atoms with Gasteiger partial charge in [-0.15, -0.1) is 0 Å². The summed E-state index contributed by atoms with van der Waals surface area (Å²) in [5, 5.41) is 4.35. The number of anilines is 3. The number of urea groups is 1. The van der Waals surface area contributed by atoms with E-state index in [0.717, 1.165) is 54.2 Å². The normalized spacial score (nSPS) is 14.0. The zero-order chi connectivity index (χ0) is 30.1. The Morgan fingerprint density at radius 3 is 1.81 bits per heavy atom. The summed E-state index contributed by atoms with van der Waals surface area (Å²) in [6, 6.07) is 28.5. The molecule has 0 atom stereocenters. The minimum Gasteiger partial charge on any atom is -0.456 e. The topological polar surface area (TPSA) is 77.2 Å². The van der Waals surface area contributed by atoms with Crippen LogP contribution in [0.1, 0.15) is 54.7 Å². The molecule has 43 heavy (non-hydrogen) atoms. The predicted octanol–water partition coefficient (Wildman–Crippen LogP) is 6.97. The van der Waals surface area contributed by atoms with E-state index in [2.05, 4.69) is 60.4 Å². The minimum atomic E-state index is -1.16. The number of hydrogen-bond acceptors (Lipinski definition) is 5. The molecule has 0 saturated heterocycles. The van der Waals surface area contributed by atoms with E-state index in [9.17, 15) is 9.59 Å². The standard InChI is InChI=1S/C35H37N5O3/c1-5-38(6-2)25-18-20-29-31(22-25)43-32-23-26(39(7-3)8-4)19-21-30(32)35(29)28-17-13-12-16-27(28)33(41)40(35)37-34(42)36-24-14-10-9-11-15-24/h9-23H,5-8H2,1-4H3,(H2,36,37,42). The molecule has 0 unspecified atom stereocenters. The fourth-order valence-corrected chi connectivity index (χ4v) is 6.45. The maximum Gasteiger partial charge on any atom is 0.338 e. The number of fused-ring (bicyclic) bond motifs is 6. The molecule has 2 N–H and O–H groups in total. The van der Waals surface area contributed by atoms with Crippen molar-refractivity contribution in [2.24, 2.45) is 0 Å². The quantitative estimate of drug-likeness (QED) is 0.237. The van der Waals surface area contributed by atoms with Crippen molar-refractivity contribution in [2.75, 3.05) is 41.3 Å². The number of benzene rings is 4. The summed E-state index contributed by atoms with van der Waals surface area (Å²) in [7, 11) is 0. The lowest BCUT2D eigenvalue weighted by molar-refractivity contribution is 0.0559. The van der Waals surface area contributed by atoms with Crippen molar-refractivity contribution in [3.63, 3.8) is 0 Å². The first-order valence-corrected chi connectivity index (χ1v) is 15.0. The molecule has 0 aromatic heterocycles. The van der Waals surface area contributed by atoms with E-state index in [4.69, 9.17) is 4.74 Å². The van der Waals surface area contributed by atoms with Crippen molar-refractivity contribution in [3.05, 3.63) is 113 Å². The van der Waals surface area contributed by atoms with E-state index in [0.29, 0.717) is 22.7 Å². The summed E-state index contributed by atoms with van der Waals surface area (Å²) in [6.45, 7) is 11.9. The van der Waals surface area contributed by atoms with Crippen molar-refractivity contribution >= 4 is 29.0 Å². The van der Waals surface area contributed by atoms with Gasteiger partial charge in [-0.1, -0.05) is 48.5 Å². The molecule has 0 aliphatic carbocycles. The zero-order valence-electron chi connectivity index (χ0n) is 25.1. The largest absolute Gasteiger partial charge is 0.456 e. The molecule has 8 nitrogen and oxygen atoms in total. The maximum absolute atomic E-state index is 14.2. The van der Waals surface area contributed by atoms with Crippen LogP contribution in [0.4, 0.5) is 21.9 Å². The van der Waals surface area contributed by atoms with Gasteiger partial charge >= 0.3 is 6.03 Å². The Labute approximate surface area is 252 Å². The fourth-order valence-electron chi connectivity index (χ4n) is 6.45. The monoisotopic (exact) mass is 575 g/mol. The molecule has 2 heterocycles. The second-order valence-electron chi connectivity index (χ2n) is 10.6. The number of hydrogen-bond donors (Lipinski definition) is 2. The lowest BCUT2D eigenvalue weighted by atomic mass is 9.75. The number of carbonyl (C=O) groups is 2. The van der Waals surface area contributed by atoms with Gasteiger partial charge in [-0.25, -0.2) is 15.2 Å². The van der Waals surface area contributed by atoms with Gasteiger partial charge in [0.1, 0.15) is 17.0 Å². The number of amides is 3. The molecular weight excluding hydrogens is 538 g/mol. The first-order chi connectivity index (χ1) is 21.0. The Morgan fingerprint density at radius 2 is 1.26 bits per heavy atom. The molecule has 0 bridgehead atoms. The summed E-state index contributed by atoms with van der Waals surface area (Å²) < 4.78 is 6.70. The van der Waals surface area contributed by atoms with E-state index in [1.807, 2.05) is 66.7 Å². The first-order valence-electron chi connectivity index (χ1n) is 15.0. The fraction of sp³-hybridized carbons (Fsp3) is 0.257. The number of hydrazine groups is 1. The summed E-state index contributed by atoms with van der Waals surface area (Å²) >= 11 is 0. The van der Waals surface area contributed by atoms with Gasteiger partial charge < -0.3 is 19.9 Å². The van der Waals surface area contributed by atoms with E-state index in [1.54, 1.807) is 12.1 Å². The molecule has 2 aliphatic rings. The molecule has 2 aliphatic heterocycles. The summed E-state index contributed by atoms with van der Waals surface area (Å²) in [4.78, 5) is 32.3. The highest BCUT2D eigenvalue weighted by atomic mass is 16.5. The molecule has 4 aromatic carbocycles. The van der Waals surface area contributed by atoms with Crippen LogP contribution in [-0.2, 0) is 5.54 Å². The smallest absolute Gasteiger partial charge is 0.338 e. The average Bonchev–Trinajstić information content (AvgIpc) is 3.26. The van der Waals surface area contributed by atoms with Gasteiger partial charge in [-0.3, -0.25) is 4.79 Å². The van der Waals surface area contributed by atoms with Crippen LogP contribution >= 0.6 is 0 Å². The second-order valence-corrected chi connectivity index (χ2v) is 10.6. The first kappa shape index (κ1) is 28.2. The minimum absolute atomic E-state index is 0.293. The second kappa shape index (κ2) is 11.4. The van der Waals surface area contributed by atoms with Crippen molar-refractivity contribution in [1.82, 2.24) is 10.4 Å². The third-order valence-electron chi connectivity index (χ3n) is 8.52. The van der Waals surface area contributed by atoms with Gasteiger partial charge in [0.2, 0.25) is 0 Å². The van der Waals surface area contributed by atoms with E-state index >= 15 is 0 Å². The van der Waals surface area contributed by atoms with Crippen LogP contribution in [0.2, 0.25) is 0 Å². The lowest BCUT2D eigenvalue weighted by Gasteiger charge is -2.44. The molecule has 8 heteroatoms. The van der Waals surface area contributed by atoms with Crippen molar-refractivity contribution in [2.45, 2.75) is 33.2 Å². The van der Waals surface area contributed by atoms with Crippen LogP contribution in [0.3, 0.4) is 0 Å². The van der Waals surface area contributed by atoms with Crippen LogP contribution in [0.15, 0.2) is 91.0 Å². The van der Waals surface area contributed by atoms with Crippen LogP contribution in [0.5, 0.6) is 11.5 Å². The molecule has 0 radical (unpaired) electrons. The molecular formula is C35H37N5O3. The van der Waals surface area contributed by atoms with E-state index in [1.165, 1.54) is 5.01 Å². The highest BCUT2D eigenvalue weighted by Gasteiger charge is 2.57. The highest BCUT2D eigenvalue weighted by Crippen LogP contribution is 2.57. The molecule has 220 valence electrons. The average molecular weight is 576 g/mol. The van der Waals surface area contributed by atoms with Crippen LogP contribution in [0, 0.1) is 0 Å². The number of rotatable bonds is 8. The molecule has 0 fully saturated rings. The third-order valence-corrected chi connectivity index (χ3v) is 8.52. The van der Waals surface area contributed by atoms with Gasteiger partial charge in [0.25, 0.3) is 5.91 Å². The number of nitrogens with one attached hydrogen (secondary N) is 2. The maximum atomic E-state index is 14.2. The van der Waals surface area contributed by atoms with Gasteiger partial charge in [0.15, 0.2) is 0 Å². The molecule has 4 aromatic rings. The van der Waals surface area contributed by atoms with Crippen molar-refractivity contribution in [3.8, 4) is 11.5 Å². The van der Waals surface area contributed by atoms with E-state index in [-0.39, 0.29) is 5.91 Å². The van der Waals surface area contributed by atoms with E-state index < -0.39 is 11.6 Å². The van der Waals surface area contributed by atoms with Gasteiger partial charge in [0, 0.05) is 77.6 Å². The highest BCUT2D eigenvalue weighted by molar-refractivity contribution is 6.04. The number of ether oxygens (including phenoxy) is 1. The zero-order valence-corrected chi connectivity index (χ0v) is 25.1. The Balaban J connectivity index is 1.58. The van der Waals surface area contributed by atoms with Crippen molar-refractivity contribution < 1.29 is 14.3 Å². The molecule has 0 saturated carbocycles. The number of carbonyl (C=O) groups excluding carboxylic acids is 2. The van der Waals surface area contributed by atoms with Gasteiger partial charge in [-0.05, 0) is 58.0 Å². The Morgan fingerprint density at radius 1 is 0.721 bits per heavy atom. The van der Waals surface area contributed by atoms with Gasteiger partial charge in [-0.2, -0.15) is 0 Å². The van der Waals surface area contributed by atoms with Crippen LogP contribution < -0.4 is 25.3 Å². The predicted molar refractivity (Wildman–Crippen MR) is 171 cm³/mol. The lowest BCUT2D eigenvalue weighted by Crippen LogP contribution is -2.56. The number of para-hydroxylation sites is 1. The Kier molecular flexibility index (Phi) is 7.44. The summed E-state index contributed by atoms with van der Waals surface area (Å²) in [5.41, 5.74) is 7.35. The van der Waals surface area contributed by atoms with Crippen LogP contribution in [-0.4, -0.2) is 43.1 Å². The van der Waals surface area contributed by atoms with Gasteiger partial charge in [0.05, 0.1) is 0 Å². The van der Waals surface area contributed by atoms with Crippen LogP contribution in [0.25, 0.3) is 0 Å². The number of nitrogens with zero attached hydrogens (tertiary/aromatic N) is 3. The summed E-state index contributed by atoms with van der Waals surface area (Å²) in [5.74, 6) is 1.000. The molecule has 6 rings (SSSR count). The molecule has 3 amide bonds. The Hall–Kier alpha value is -4.98.